The Morgan fingerprint density at radius 1 is 1.06 bits per heavy atom. The summed E-state index contributed by atoms with van der Waals surface area (Å²) in [6.45, 7) is 1.63. The van der Waals surface area contributed by atoms with Gasteiger partial charge in [0, 0.05) is 6.08 Å². The summed E-state index contributed by atoms with van der Waals surface area (Å²) < 4.78 is 17.6. The normalized spacial score (nSPS) is 55.0. The Hall–Kier alpha value is -1.07. The van der Waals surface area contributed by atoms with E-state index in [0.29, 0.717) is 18.3 Å². The van der Waals surface area contributed by atoms with Crippen LogP contribution in [0.4, 0.5) is 0 Å². The second-order valence-electron chi connectivity index (χ2n) is 12.3. The Morgan fingerprint density at radius 3 is 2.60 bits per heavy atom. The minimum absolute atomic E-state index is 0.0120. The van der Waals surface area contributed by atoms with Crippen LogP contribution in [0.1, 0.15) is 58.3 Å². The predicted octanol–water partition coefficient (Wildman–Crippen LogP) is 0.402. The topological polar surface area (TPSA) is 146 Å². The minimum atomic E-state index is -1.51. The molecule has 5 fully saturated rings. The molecule has 0 aromatic carbocycles. The van der Waals surface area contributed by atoms with Gasteiger partial charge in [0.15, 0.2) is 6.29 Å². The summed E-state index contributed by atoms with van der Waals surface area (Å²) in [5.41, 5.74) is 0.287. The number of fused-ring (bicyclic) bond motifs is 5. The molecule has 35 heavy (non-hydrogen) atoms. The van der Waals surface area contributed by atoms with Gasteiger partial charge >= 0.3 is 5.97 Å². The highest BCUT2D eigenvalue weighted by Crippen LogP contribution is 2.72. The van der Waals surface area contributed by atoms with Gasteiger partial charge in [-0.2, -0.15) is 0 Å². The number of hydrogen-bond acceptors (Lipinski definition) is 9. The molecule has 6 aliphatic rings. The molecule has 2 aliphatic heterocycles. The number of rotatable bonds is 4. The van der Waals surface area contributed by atoms with Crippen LogP contribution in [0, 0.1) is 28.6 Å². The molecule has 1 spiro atoms. The van der Waals surface area contributed by atoms with E-state index >= 15 is 0 Å². The van der Waals surface area contributed by atoms with Crippen molar-refractivity contribution in [2.45, 2.75) is 101 Å². The van der Waals surface area contributed by atoms with Crippen LogP contribution in [-0.2, 0) is 19.0 Å². The number of aliphatic hydroxyl groups is 5. The lowest BCUT2D eigenvalue weighted by atomic mass is 9.44. The largest absolute Gasteiger partial charge is 0.455 e. The molecule has 9 nitrogen and oxygen atoms in total. The third-order valence-electron chi connectivity index (χ3n) is 10.8. The monoisotopic (exact) mass is 494 g/mol. The van der Waals surface area contributed by atoms with Crippen molar-refractivity contribution in [3.05, 3.63) is 11.6 Å². The average molecular weight is 495 g/mol. The molecule has 5 N–H and O–H groups in total. The molecule has 0 aromatic heterocycles. The Morgan fingerprint density at radius 2 is 1.86 bits per heavy atom. The molecule has 6 rings (SSSR count). The lowest BCUT2D eigenvalue weighted by Gasteiger charge is -2.60. The van der Waals surface area contributed by atoms with Crippen LogP contribution < -0.4 is 0 Å². The van der Waals surface area contributed by atoms with Crippen molar-refractivity contribution in [2.24, 2.45) is 28.6 Å². The molecule has 0 radical (unpaired) electrons. The van der Waals surface area contributed by atoms with Crippen molar-refractivity contribution >= 4 is 5.97 Å². The van der Waals surface area contributed by atoms with Gasteiger partial charge in [0.2, 0.25) is 0 Å². The standard InChI is InChI=1S/C26H38O9/c1-24-6-5-16-14(8-19(29)33-16)15(24)4-7-25-9-13(2-3-18(24)25)26(11-25,12-28)35-23-22(32)21(31)20(30)17(10-27)34-23/h8,13,15-18,20-23,27-28,30-32H,2-7,9-12H2,1H3/t13?,15?,16-,17-,18?,20-,21+,22-,23-,24-,25+,26+/m1/s1. The van der Waals surface area contributed by atoms with Crippen LogP contribution in [0.15, 0.2) is 11.6 Å². The van der Waals surface area contributed by atoms with Gasteiger partial charge in [-0.3, -0.25) is 0 Å². The van der Waals surface area contributed by atoms with Crippen molar-refractivity contribution in [1.82, 2.24) is 0 Å². The summed E-state index contributed by atoms with van der Waals surface area (Å²) in [5, 5.41) is 51.2. The minimum Gasteiger partial charge on any atom is -0.455 e. The smallest absolute Gasteiger partial charge is 0.331 e. The Balaban J connectivity index is 1.27. The lowest BCUT2D eigenvalue weighted by Crippen LogP contribution is -2.61. The van der Waals surface area contributed by atoms with Crippen molar-refractivity contribution in [2.75, 3.05) is 13.2 Å². The molecule has 9 heteroatoms. The van der Waals surface area contributed by atoms with E-state index in [4.69, 9.17) is 14.2 Å². The summed E-state index contributed by atoms with van der Waals surface area (Å²) in [6, 6.07) is 0. The average Bonchev–Trinajstić information content (AvgIpc) is 3.33. The fourth-order valence-electron chi connectivity index (χ4n) is 9.31. The number of ether oxygens (including phenoxy) is 3. The van der Waals surface area contributed by atoms with Gasteiger partial charge < -0.3 is 39.7 Å². The van der Waals surface area contributed by atoms with Crippen LogP contribution in [0.5, 0.6) is 0 Å². The third kappa shape index (κ3) is 3.35. The molecule has 4 aliphatic carbocycles. The lowest BCUT2D eigenvalue weighted by molar-refractivity contribution is -0.335. The van der Waals surface area contributed by atoms with Gasteiger partial charge in [0.05, 0.1) is 18.8 Å². The summed E-state index contributed by atoms with van der Waals surface area (Å²) >= 11 is 0. The molecular weight excluding hydrogens is 456 g/mol. The van der Waals surface area contributed by atoms with Gasteiger partial charge in [0.1, 0.15) is 30.5 Å². The number of carbonyl (C=O) groups excluding carboxylic acids is 1. The summed E-state index contributed by atoms with van der Waals surface area (Å²) in [5.74, 6) is 0.624. The Bertz CT molecular complexity index is 905. The number of carbonyl (C=O) groups is 1. The van der Waals surface area contributed by atoms with Crippen LogP contribution in [0.2, 0.25) is 0 Å². The number of aliphatic hydroxyl groups excluding tert-OH is 5. The Kier molecular flexibility index (Phi) is 5.70. The zero-order valence-electron chi connectivity index (χ0n) is 20.2. The molecule has 3 unspecified atom stereocenters. The predicted molar refractivity (Wildman–Crippen MR) is 121 cm³/mol. The maximum absolute atomic E-state index is 12.0. The van der Waals surface area contributed by atoms with Crippen LogP contribution in [0.3, 0.4) is 0 Å². The molecular formula is C26H38O9. The second-order valence-corrected chi connectivity index (χ2v) is 12.3. The van der Waals surface area contributed by atoms with Crippen LogP contribution in [-0.4, -0.2) is 87.1 Å². The highest BCUT2D eigenvalue weighted by atomic mass is 16.7. The zero-order valence-corrected chi connectivity index (χ0v) is 20.2. The van der Waals surface area contributed by atoms with Gasteiger partial charge in [-0.15, -0.1) is 0 Å². The third-order valence-corrected chi connectivity index (χ3v) is 10.8. The SMILES string of the molecule is C[C@@]12CC[C@H]3OC(=O)C=C3C1CC[C@@]13CC(CCC12)[C@](CO)(O[C@H]1O[C@H](CO)[C@@H](O)[C@H](O)[C@H]1O)C3. The van der Waals surface area contributed by atoms with E-state index in [-0.39, 0.29) is 35.4 Å². The Labute approximate surface area is 205 Å². The molecule has 0 aromatic rings. The fraction of sp³-hybridized carbons (Fsp3) is 0.885. The maximum atomic E-state index is 12.0. The second kappa shape index (κ2) is 8.21. The van der Waals surface area contributed by atoms with Crippen molar-refractivity contribution < 1.29 is 44.5 Å². The van der Waals surface area contributed by atoms with E-state index in [1.807, 2.05) is 0 Å². The van der Waals surface area contributed by atoms with Crippen LogP contribution in [0.25, 0.3) is 0 Å². The first kappa shape index (κ1) is 24.3. The number of hydrogen-bond donors (Lipinski definition) is 5. The van der Waals surface area contributed by atoms with E-state index in [9.17, 15) is 30.3 Å². The first-order valence-corrected chi connectivity index (χ1v) is 13.2. The highest BCUT2D eigenvalue weighted by Gasteiger charge is 2.68. The van der Waals surface area contributed by atoms with Gasteiger partial charge in [-0.25, -0.2) is 4.79 Å². The van der Waals surface area contributed by atoms with E-state index < -0.39 is 42.9 Å². The fourth-order valence-corrected chi connectivity index (χ4v) is 9.31. The molecule has 1 saturated heterocycles. The van der Waals surface area contributed by atoms with E-state index in [0.717, 1.165) is 44.9 Å². The van der Waals surface area contributed by atoms with Crippen molar-refractivity contribution in [3.63, 3.8) is 0 Å². The maximum Gasteiger partial charge on any atom is 0.331 e. The van der Waals surface area contributed by atoms with E-state index in [1.54, 1.807) is 6.08 Å². The van der Waals surface area contributed by atoms with Gasteiger partial charge in [-0.1, -0.05) is 6.92 Å². The highest BCUT2D eigenvalue weighted by molar-refractivity contribution is 5.86. The summed E-state index contributed by atoms with van der Waals surface area (Å²) in [6.07, 6.45) is 2.19. The first-order valence-electron chi connectivity index (χ1n) is 13.2. The quantitative estimate of drug-likeness (QED) is 0.351. The van der Waals surface area contributed by atoms with Gasteiger partial charge in [-0.05, 0) is 85.5 Å². The molecule has 0 amide bonds. The molecule has 2 bridgehead atoms. The van der Waals surface area contributed by atoms with E-state index in [1.165, 1.54) is 5.57 Å². The zero-order chi connectivity index (χ0) is 24.8. The van der Waals surface area contributed by atoms with Crippen molar-refractivity contribution in [3.8, 4) is 0 Å². The summed E-state index contributed by atoms with van der Waals surface area (Å²) in [7, 11) is 0. The number of esters is 1. The molecule has 196 valence electrons. The van der Waals surface area contributed by atoms with Gasteiger partial charge in [0.25, 0.3) is 0 Å². The van der Waals surface area contributed by atoms with Crippen molar-refractivity contribution in [1.29, 1.82) is 0 Å². The first-order chi connectivity index (χ1) is 16.7. The van der Waals surface area contributed by atoms with Crippen LogP contribution >= 0.6 is 0 Å². The summed E-state index contributed by atoms with van der Waals surface area (Å²) in [4.78, 5) is 12.0. The molecule has 4 saturated carbocycles. The van der Waals surface area contributed by atoms with E-state index in [2.05, 4.69) is 6.92 Å². The molecule has 2 heterocycles. The molecule has 12 atom stereocenters.